The zero-order valence-corrected chi connectivity index (χ0v) is 37.5. The molecule has 2 atom stereocenters. The average molecular weight is 1100 g/mol. The quantitative estimate of drug-likeness (QED) is 0.0886. The minimum absolute atomic E-state index is 0.165. The molecule has 30 heteroatoms. The van der Waals surface area contributed by atoms with Crippen molar-refractivity contribution in [2.45, 2.75) is 37.1 Å². The Labute approximate surface area is 395 Å². The molecule has 9 nitrogen and oxygen atoms in total. The summed E-state index contributed by atoms with van der Waals surface area (Å²) in [6.45, 7) is 0. The normalized spacial score (nSPS) is 17.1. The van der Waals surface area contributed by atoms with E-state index in [1.54, 1.807) is 0 Å². The Kier molecular flexibility index (Phi) is 14.9. The van der Waals surface area contributed by atoms with Crippen LogP contribution in [0.3, 0.4) is 0 Å². The Bertz CT molecular complexity index is 2890. The van der Waals surface area contributed by atoms with Crippen LogP contribution in [0.25, 0.3) is 0 Å². The van der Waals surface area contributed by atoms with E-state index in [2.05, 4.69) is 4.52 Å². The van der Waals surface area contributed by atoms with Crippen LogP contribution in [0.1, 0.15) is 33.4 Å². The van der Waals surface area contributed by atoms with Gasteiger partial charge < -0.3 is 27.8 Å². The van der Waals surface area contributed by atoms with Gasteiger partial charge in [0, 0.05) is 9.21 Å². The van der Waals surface area contributed by atoms with Crippen molar-refractivity contribution in [2.24, 2.45) is 4.52 Å². The van der Waals surface area contributed by atoms with Crippen molar-refractivity contribution in [2.75, 3.05) is 0 Å². The fraction of sp³-hybridized carbons (Fsp3) is 0.143. The summed E-state index contributed by atoms with van der Waals surface area (Å²) in [5.74, 6) is -8.90. The number of rotatable bonds is 12. The fourth-order valence-electron chi connectivity index (χ4n) is 6.09. The molecular weight excluding hydrogens is 1080 g/mol. The van der Waals surface area contributed by atoms with Crippen LogP contribution >= 0.6 is 24.6 Å². The zero-order chi connectivity index (χ0) is 52.7. The maximum atomic E-state index is 14.8. The molecule has 0 radical (unpaired) electrons. The molecule has 0 spiro atoms. The highest BCUT2D eigenvalue weighted by Gasteiger charge is 2.60. The van der Waals surface area contributed by atoms with E-state index in [1.807, 2.05) is 0 Å². The second kappa shape index (κ2) is 20.1. The van der Waals surface area contributed by atoms with E-state index in [0.29, 0.717) is 72.8 Å². The van der Waals surface area contributed by atoms with Gasteiger partial charge in [-0.15, -0.1) is 4.52 Å². The van der Waals surface area contributed by atoms with E-state index in [0.717, 1.165) is 72.8 Å². The summed E-state index contributed by atoms with van der Waals surface area (Å²) in [5.41, 5.74) is -10.9. The van der Waals surface area contributed by atoms with Gasteiger partial charge in [-0.1, -0.05) is 72.8 Å². The maximum absolute atomic E-state index is 14.8. The first-order valence-electron chi connectivity index (χ1n) is 19.4. The SMILES string of the molecule is FC(F)(F)c1ccccc1ON1P(Oc2ccccc2C(F)(F)F)N=P(Oc2ccccc2C(F)(F)F)(Oc2ccccc2C(F)(F)F)N(Oc2ccccc2C(F)(F)F)P1Oc1ccccc1C(F)(F)F. The van der Waals surface area contributed by atoms with Crippen LogP contribution < -0.4 is 27.8 Å². The molecule has 1 aliphatic heterocycles. The van der Waals surface area contributed by atoms with Crippen molar-refractivity contribution in [3.05, 3.63) is 179 Å². The Hall–Kier alpha value is -6.13. The van der Waals surface area contributed by atoms with Crippen molar-refractivity contribution in [3.63, 3.8) is 0 Å². The molecule has 6 aromatic carbocycles. The van der Waals surface area contributed by atoms with Gasteiger partial charge in [0.2, 0.25) is 0 Å². The van der Waals surface area contributed by atoms with E-state index in [4.69, 9.17) is 27.8 Å². The molecule has 0 aromatic heterocycles. The minimum atomic E-state index is -6.29. The minimum Gasteiger partial charge on any atom is -0.440 e. The van der Waals surface area contributed by atoms with Crippen molar-refractivity contribution in [1.29, 1.82) is 0 Å². The first-order chi connectivity index (χ1) is 33.5. The molecule has 0 saturated carbocycles. The van der Waals surface area contributed by atoms with E-state index in [1.165, 1.54) is 0 Å². The zero-order valence-electron chi connectivity index (χ0n) is 34.8. The van der Waals surface area contributed by atoms with Crippen LogP contribution in [0.4, 0.5) is 79.0 Å². The summed E-state index contributed by atoms with van der Waals surface area (Å²) in [6.07, 6.45) is -33.0. The molecular formula is C42H24F18N3O6P3. The fourth-order valence-corrected chi connectivity index (χ4v) is 13.6. The molecule has 0 N–H and O–H groups in total. The van der Waals surface area contributed by atoms with Gasteiger partial charge in [0.1, 0.15) is 34.1 Å². The number of para-hydroxylation sites is 6. The van der Waals surface area contributed by atoms with Gasteiger partial charge in [-0.05, 0) is 72.8 Å². The average Bonchev–Trinajstić information content (AvgIpc) is 3.28. The Morgan fingerprint density at radius 3 is 0.944 bits per heavy atom. The molecule has 0 aliphatic carbocycles. The monoisotopic (exact) mass is 1100 g/mol. The van der Waals surface area contributed by atoms with Gasteiger partial charge in [0.25, 0.3) is 0 Å². The lowest BCUT2D eigenvalue weighted by atomic mass is 10.2. The molecule has 384 valence electrons. The highest BCUT2D eigenvalue weighted by atomic mass is 31.3. The van der Waals surface area contributed by atoms with Gasteiger partial charge >= 0.3 is 61.6 Å². The summed E-state index contributed by atoms with van der Waals surface area (Å²) in [5, 5.41) is 0. The molecule has 0 bridgehead atoms. The maximum Gasteiger partial charge on any atom is 0.447 e. The lowest BCUT2D eigenvalue weighted by Gasteiger charge is -2.44. The number of benzene rings is 6. The van der Waals surface area contributed by atoms with Crippen molar-refractivity contribution >= 4 is 24.6 Å². The summed E-state index contributed by atoms with van der Waals surface area (Å²) < 4.78 is 293. The number of hydrogen-bond donors (Lipinski definition) is 0. The summed E-state index contributed by atoms with van der Waals surface area (Å²) in [7, 11) is -15.0. The van der Waals surface area contributed by atoms with Gasteiger partial charge in [0.05, 0.1) is 22.3 Å². The topological polar surface area (TPSA) is 74.2 Å². The van der Waals surface area contributed by atoms with Crippen molar-refractivity contribution in [3.8, 4) is 34.5 Å². The first kappa shape index (κ1) is 53.7. The smallest absolute Gasteiger partial charge is 0.440 e. The Balaban J connectivity index is 1.68. The van der Waals surface area contributed by atoms with E-state index >= 15 is 0 Å². The lowest BCUT2D eigenvalue weighted by Crippen LogP contribution is -2.38. The second-order valence-corrected chi connectivity index (χ2v) is 19.6. The molecule has 1 aliphatic rings. The molecule has 2 unspecified atom stereocenters. The summed E-state index contributed by atoms with van der Waals surface area (Å²) >= 11 is 0. The van der Waals surface area contributed by atoms with Crippen molar-refractivity contribution < 1.29 is 107 Å². The van der Waals surface area contributed by atoms with Gasteiger partial charge in [-0.2, -0.15) is 79.0 Å². The van der Waals surface area contributed by atoms with Crippen LogP contribution in [0, 0.1) is 0 Å². The lowest BCUT2D eigenvalue weighted by molar-refractivity contribution is -0.141. The third kappa shape index (κ3) is 12.0. The summed E-state index contributed by atoms with van der Waals surface area (Å²) in [4.78, 5) is 11.3. The van der Waals surface area contributed by atoms with Gasteiger partial charge in [-0.25, -0.2) is 0 Å². The predicted octanol–water partition coefficient (Wildman–Crippen LogP) is 17.4. The van der Waals surface area contributed by atoms with Crippen molar-refractivity contribution in [1.82, 2.24) is 9.21 Å². The van der Waals surface area contributed by atoms with Crippen LogP contribution in [-0.2, 0) is 37.1 Å². The van der Waals surface area contributed by atoms with Gasteiger partial charge in [0.15, 0.2) is 11.5 Å². The summed E-state index contributed by atoms with van der Waals surface area (Å²) in [6, 6.07) is 14.4. The number of nitrogens with zero attached hydrogens (tertiary/aromatic N) is 3. The largest absolute Gasteiger partial charge is 0.447 e. The van der Waals surface area contributed by atoms with E-state index < -0.39 is 129 Å². The van der Waals surface area contributed by atoms with Crippen LogP contribution in [-0.4, -0.2) is 9.21 Å². The van der Waals surface area contributed by atoms with Gasteiger partial charge in [-0.3, -0.25) is 0 Å². The molecule has 0 fully saturated rings. The molecule has 0 saturated heterocycles. The van der Waals surface area contributed by atoms with Crippen LogP contribution in [0.5, 0.6) is 34.5 Å². The second-order valence-electron chi connectivity index (χ2n) is 14.1. The predicted molar refractivity (Wildman–Crippen MR) is 219 cm³/mol. The molecule has 72 heavy (non-hydrogen) atoms. The van der Waals surface area contributed by atoms with Crippen LogP contribution in [0.15, 0.2) is 150 Å². The highest BCUT2D eigenvalue weighted by molar-refractivity contribution is 7.78. The van der Waals surface area contributed by atoms with E-state index in [9.17, 15) is 79.0 Å². The third-order valence-electron chi connectivity index (χ3n) is 9.15. The standard InChI is InChI=1S/C42H24F18N3O6P3/c43-37(44,45)25-13-1-7-19-31(25)64-62-70(66-33-21-9-3-15-27(33)39(49,50)51)61-72(68-35-23-11-5-17-29(35)41(55,56)57,69-36-24-12-6-18-30(36)42(58,59)60)63(65-32-20-8-2-14-26(32)38(46,47)48)71(62)67-34-22-10-4-16-28(34)40(52,53)54/h1-24H. The third-order valence-corrected chi connectivity index (χ3v) is 16.0. The molecule has 0 amide bonds. The molecule has 7 rings (SSSR count). The Morgan fingerprint density at radius 2 is 0.597 bits per heavy atom. The number of alkyl halides is 18. The molecule has 1 heterocycles. The Morgan fingerprint density at radius 1 is 0.333 bits per heavy atom. The van der Waals surface area contributed by atoms with E-state index in [-0.39, 0.29) is 9.21 Å². The first-order valence-corrected chi connectivity index (χ1v) is 23.2. The number of halogens is 18. The number of hydrogen-bond acceptors (Lipinski definition) is 9. The van der Waals surface area contributed by atoms with Crippen LogP contribution in [0.2, 0.25) is 0 Å². The highest BCUT2D eigenvalue weighted by Crippen LogP contribution is 2.79. The molecule has 6 aromatic rings.